The lowest BCUT2D eigenvalue weighted by Crippen LogP contribution is -2.47. The number of rotatable bonds is 3. The Bertz CT molecular complexity index is 418. The SMILES string of the molecule is COc1ccc(CN2CCOC(C)(C)C2)c(O)c1. The van der Waals surface area contributed by atoms with Gasteiger partial charge in [0.15, 0.2) is 0 Å². The van der Waals surface area contributed by atoms with Crippen molar-refractivity contribution < 1.29 is 14.6 Å². The van der Waals surface area contributed by atoms with Crippen LogP contribution in [0.15, 0.2) is 18.2 Å². The van der Waals surface area contributed by atoms with Gasteiger partial charge in [0.1, 0.15) is 11.5 Å². The molecule has 0 spiro atoms. The summed E-state index contributed by atoms with van der Waals surface area (Å²) >= 11 is 0. The third-order valence-electron chi connectivity index (χ3n) is 3.19. The zero-order valence-electron chi connectivity index (χ0n) is 11.3. The Morgan fingerprint density at radius 1 is 1.44 bits per heavy atom. The van der Waals surface area contributed by atoms with Gasteiger partial charge >= 0.3 is 0 Å². The molecule has 18 heavy (non-hydrogen) atoms. The zero-order valence-corrected chi connectivity index (χ0v) is 11.3. The molecular formula is C14H21NO3. The largest absolute Gasteiger partial charge is 0.507 e. The maximum atomic E-state index is 9.95. The number of methoxy groups -OCH3 is 1. The first-order valence-corrected chi connectivity index (χ1v) is 6.22. The van der Waals surface area contributed by atoms with Crippen molar-refractivity contribution in [3.63, 3.8) is 0 Å². The second-order valence-corrected chi connectivity index (χ2v) is 5.31. The van der Waals surface area contributed by atoms with Gasteiger partial charge in [0.2, 0.25) is 0 Å². The van der Waals surface area contributed by atoms with E-state index in [4.69, 9.17) is 9.47 Å². The van der Waals surface area contributed by atoms with E-state index in [9.17, 15) is 5.11 Å². The van der Waals surface area contributed by atoms with Crippen LogP contribution in [0.4, 0.5) is 0 Å². The van der Waals surface area contributed by atoms with E-state index in [0.29, 0.717) is 11.5 Å². The Balaban J connectivity index is 2.05. The number of hydrogen-bond donors (Lipinski definition) is 1. The molecule has 1 aliphatic heterocycles. The highest BCUT2D eigenvalue weighted by molar-refractivity contribution is 5.39. The van der Waals surface area contributed by atoms with Gasteiger partial charge in [-0.25, -0.2) is 0 Å². The molecule has 1 heterocycles. The topological polar surface area (TPSA) is 41.9 Å². The van der Waals surface area contributed by atoms with Crippen LogP contribution in [-0.4, -0.2) is 42.4 Å². The zero-order chi connectivity index (χ0) is 13.2. The molecule has 1 aliphatic rings. The third-order valence-corrected chi connectivity index (χ3v) is 3.19. The van der Waals surface area contributed by atoms with E-state index in [0.717, 1.165) is 31.8 Å². The van der Waals surface area contributed by atoms with Gasteiger partial charge in [-0.15, -0.1) is 0 Å². The molecule has 0 bridgehead atoms. The molecule has 4 nitrogen and oxygen atoms in total. The Labute approximate surface area is 108 Å². The van der Waals surface area contributed by atoms with Gasteiger partial charge in [-0.05, 0) is 19.9 Å². The van der Waals surface area contributed by atoms with Crippen LogP contribution in [0.2, 0.25) is 0 Å². The smallest absolute Gasteiger partial charge is 0.123 e. The monoisotopic (exact) mass is 251 g/mol. The van der Waals surface area contributed by atoms with Crippen molar-refractivity contribution in [1.29, 1.82) is 0 Å². The molecule has 1 saturated heterocycles. The van der Waals surface area contributed by atoms with Crippen molar-refractivity contribution in [2.45, 2.75) is 26.0 Å². The highest BCUT2D eigenvalue weighted by atomic mass is 16.5. The minimum absolute atomic E-state index is 0.111. The fourth-order valence-electron chi connectivity index (χ4n) is 2.29. The molecule has 0 aliphatic carbocycles. The molecule has 0 unspecified atom stereocenters. The summed E-state index contributed by atoms with van der Waals surface area (Å²) in [5.41, 5.74) is 0.814. The van der Waals surface area contributed by atoms with Gasteiger partial charge in [0, 0.05) is 31.3 Å². The molecule has 0 aromatic heterocycles. The number of phenols is 1. The number of phenolic OH excluding ortho intramolecular Hbond substituents is 1. The van der Waals surface area contributed by atoms with Crippen molar-refractivity contribution in [1.82, 2.24) is 4.90 Å². The molecule has 0 saturated carbocycles. The first-order chi connectivity index (χ1) is 8.50. The maximum absolute atomic E-state index is 9.95. The summed E-state index contributed by atoms with van der Waals surface area (Å²) in [5, 5.41) is 9.95. The van der Waals surface area contributed by atoms with Crippen LogP contribution in [-0.2, 0) is 11.3 Å². The minimum Gasteiger partial charge on any atom is -0.507 e. The normalized spacial score (nSPS) is 19.7. The lowest BCUT2D eigenvalue weighted by atomic mass is 10.1. The van der Waals surface area contributed by atoms with Gasteiger partial charge in [0.25, 0.3) is 0 Å². The van der Waals surface area contributed by atoms with Gasteiger partial charge in [0.05, 0.1) is 19.3 Å². The summed E-state index contributed by atoms with van der Waals surface area (Å²) in [6.45, 7) is 7.43. The lowest BCUT2D eigenvalue weighted by molar-refractivity contribution is -0.0883. The predicted octanol–water partition coefficient (Wildman–Crippen LogP) is 2.01. The number of aromatic hydroxyl groups is 1. The molecule has 0 radical (unpaired) electrons. The van der Waals surface area contributed by atoms with E-state index in [-0.39, 0.29) is 5.60 Å². The molecular weight excluding hydrogens is 230 g/mol. The Kier molecular flexibility index (Phi) is 3.78. The molecule has 100 valence electrons. The van der Waals surface area contributed by atoms with Crippen LogP contribution in [0.1, 0.15) is 19.4 Å². The number of benzene rings is 1. The number of morpholine rings is 1. The average Bonchev–Trinajstić information content (AvgIpc) is 2.30. The maximum Gasteiger partial charge on any atom is 0.123 e. The summed E-state index contributed by atoms with van der Waals surface area (Å²) in [5.74, 6) is 0.970. The highest BCUT2D eigenvalue weighted by Crippen LogP contribution is 2.26. The summed E-state index contributed by atoms with van der Waals surface area (Å²) in [4.78, 5) is 2.30. The van der Waals surface area contributed by atoms with Crippen LogP contribution in [0.5, 0.6) is 11.5 Å². The van der Waals surface area contributed by atoms with Crippen molar-refractivity contribution in [3.8, 4) is 11.5 Å². The fraction of sp³-hybridized carbons (Fsp3) is 0.571. The van der Waals surface area contributed by atoms with Crippen LogP contribution >= 0.6 is 0 Å². The van der Waals surface area contributed by atoms with Crippen molar-refractivity contribution in [2.24, 2.45) is 0 Å². The van der Waals surface area contributed by atoms with Gasteiger partial charge in [-0.1, -0.05) is 6.07 Å². The van der Waals surface area contributed by atoms with Crippen molar-refractivity contribution >= 4 is 0 Å². The van der Waals surface area contributed by atoms with Gasteiger partial charge < -0.3 is 14.6 Å². The summed E-state index contributed by atoms with van der Waals surface area (Å²) in [7, 11) is 1.60. The number of hydrogen-bond acceptors (Lipinski definition) is 4. The van der Waals surface area contributed by atoms with E-state index in [2.05, 4.69) is 18.7 Å². The molecule has 2 rings (SSSR count). The van der Waals surface area contributed by atoms with Crippen molar-refractivity contribution in [2.75, 3.05) is 26.8 Å². The summed E-state index contributed by atoms with van der Waals surface area (Å²) in [6, 6.07) is 5.44. The van der Waals surface area contributed by atoms with Gasteiger partial charge in [-0.2, -0.15) is 0 Å². The molecule has 1 aromatic rings. The van der Waals surface area contributed by atoms with Crippen molar-refractivity contribution in [3.05, 3.63) is 23.8 Å². The molecule has 0 atom stereocenters. The summed E-state index contributed by atoms with van der Waals surface area (Å²) in [6.07, 6.45) is 0. The minimum atomic E-state index is -0.111. The van der Waals surface area contributed by atoms with Crippen LogP contribution in [0, 0.1) is 0 Å². The number of ether oxygens (including phenoxy) is 2. The fourth-order valence-corrected chi connectivity index (χ4v) is 2.29. The third kappa shape index (κ3) is 3.15. The first-order valence-electron chi connectivity index (χ1n) is 6.22. The Morgan fingerprint density at radius 2 is 2.22 bits per heavy atom. The van der Waals surface area contributed by atoms with E-state index < -0.39 is 0 Å². The molecule has 1 fully saturated rings. The second-order valence-electron chi connectivity index (χ2n) is 5.31. The molecule has 0 amide bonds. The standard InChI is InChI=1S/C14H21NO3/c1-14(2)10-15(6-7-18-14)9-11-4-5-12(17-3)8-13(11)16/h4-5,8,16H,6-7,9-10H2,1-3H3. The molecule has 4 heteroatoms. The van der Waals surface area contributed by atoms with Crippen LogP contribution in [0.3, 0.4) is 0 Å². The van der Waals surface area contributed by atoms with Gasteiger partial charge in [-0.3, -0.25) is 4.90 Å². The Morgan fingerprint density at radius 3 is 2.83 bits per heavy atom. The number of nitrogens with zero attached hydrogens (tertiary/aromatic N) is 1. The Hall–Kier alpha value is -1.26. The lowest BCUT2D eigenvalue weighted by Gasteiger charge is -2.38. The molecule has 1 N–H and O–H groups in total. The second kappa shape index (κ2) is 5.16. The van der Waals surface area contributed by atoms with E-state index >= 15 is 0 Å². The molecule has 1 aromatic carbocycles. The average molecular weight is 251 g/mol. The quantitative estimate of drug-likeness (QED) is 0.892. The first kappa shape index (κ1) is 13.2. The van der Waals surface area contributed by atoms with Crippen LogP contribution < -0.4 is 4.74 Å². The highest BCUT2D eigenvalue weighted by Gasteiger charge is 2.27. The van der Waals surface area contributed by atoms with Crippen LogP contribution in [0.25, 0.3) is 0 Å². The van der Waals surface area contributed by atoms with E-state index in [1.165, 1.54) is 0 Å². The predicted molar refractivity (Wildman–Crippen MR) is 70.0 cm³/mol. The van der Waals surface area contributed by atoms with E-state index in [1.807, 2.05) is 12.1 Å². The van der Waals surface area contributed by atoms with E-state index in [1.54, 1.807) is 13.2 Å². The summed E-state index contributed by atoms with van der Waals surface area (Å²) < 4.78 is 10.8.